The van der Waals surface area contributed by atoms with Gasteiger partial charge >= 0.3 is 0 Å². The van der Waals surface area contributed by atoms with E-state index in [2.05, 4.69) is 30.8 Å². The van der Waals surface area contributed by atoms with Crippen molar-refractivity contribution in [2.45, 2.75) is 71.1 Å². The molecule has 0 spiro atoms. The van der Waals surface area contributed by atoms with Crippen LogP contribution in [-0.4, -0.2) is 42.6 Å². The molecule has 0 radical (unpaired) electrons. The molecule has 0 heterocycles. The largest absolute Gasteiger partial charge is 0.447 e. The molecule has 0 aliphatic heterocycles. The van der Waals surface area contributed by atoms with Gasteiger partial charge in [-0.05, 0) is 50.7 Å². The molecule has 6 nitrogen and oxygen atoms in total. The Kier molecular flexibility index (Phi) is 11.7. The topological polar surface area (TPSA) is 66.4 Å². The zero-order valence-electron chi connectivity index (χ0n) is 22.9. The zero-order chi connectivity index (χ0) is 27.3. The molecule has 1 aliphatic rings. The Hall–Kier alpha value is -2.84. The average molecular weight is 521 g/mol. The van der Waals surface area contributed by atoms with Crippen LogP contribution in [-0.2, 0) is 36.9 Å². The lowest BCUT2D eigenvalue weighted by atomic mass is 9.61. The molecule has 0 amide bonds. The van der Waals surface area contributed by atoms with E-state index in [4.69, 9.17) is 23.7 Å². The average Bonchev–Trinajstić information content (AvgIpc) is 2.93. The van der Waals surface area contributed by atoms with Crippen molar-refractivity contribution in [3.05, 3.63) is 71.8 Å². The van der Waals surface area contributed by atoms with Crippen molar-refractivity contribution in [2.75, 3.05) is 20.2 Å². The maximum absolute atomic E-state index is 12.3. The maximum atomic E-state index is 12.3. The molecule has 1 fully saturated rings. The Morgan fingerprint density at radius 2 is 1.58 bits per heavy atom. The molecule has 0 aromatic heterocycles. The highest BCUT2D eigenvalue weighted by atomic mass is 16.7. The van der Waals surface area contributed by atoms with E-state index >= 15 is 0 Å². The molecular formula is C32H40O6. The van der Waals surface area contributed by atoms with Gasteiger partial charge in [-0.3, -0.25) is 0 Å². The monoisotopic (exact) mass is 520 g/mol. The number of rotatable bonds is 12. The summed E-state index contributed by atoms with van der Waals surface area (Å²) in [5, 5.41) is 12.3. The third-order valence-electron chi connectivity index (χ3n) is 7.01. The van der Waals surface area contributed by atoms with Gasteiger partial charge in [0.2, 0.25) is 0 Å². The first-order valence-electron chi connectivity index (χ1n) is 13.2. The van der Waals surface area contributed by atoms with E-state index in [0.29, 0.717) is 26.2 Å². The van der Waals surface area contributed by atoms with E-state index in [0.717, 1.165) is 17.5 Å². The van der Waals surface area contributed by atoms with Gasteiger partial charge in [0.1, 0.15) is 31.4 Å². The lowest BCUT2D eigenvalue weighted by Crippen LogP contribution is -2.69. The molecule has 3 rings (SSSR count). The fourth-order valence-corrected chi connectivity index (χ4v) is 5.00. The molecule has 5 atom stereocenters. The van der Waals surface area contributed by atoms with E-state index < -0.39 is 23.2 Å². The number of hydrogen-bond acceptors (Lipinski definition) is 6. The van der Waals surface area contributed by atoms with E-state index in [-0.39, 0.29) is 19.5 Å². The highest BCUT2D eigenvalue weighted by Crippen LogP contribution is 2.48. The van der Waals surface area contributed by atoms with Crippen LogP contribution in [0.3, 0.4) is 0 Å². The third kappa shape index (κ3) is 7.38. The van der Waals surface area contributed by atoms with Crippen LogP contribution in [0, 0.1) is 35.7 Å². The normalized spacial score (nSPS) is 25.4. The van der Waals surface area contributed by atoms with Crippen molar-refractivity contribution >= 4 is 0 Å². The molecule has 2 aromatic rings. The van der Waals surface area contributed by atoms with Gasteiger partial charge in [-0.1, -0.05) is 79.4 Å². The fraction of sp³-hybridized carbons (Fsp3) is 0.500. The Morgan fingerprint density at radius 3 is 2.16 bits per heavy atom. The van der Waals surface area contributed by atoms with Crippen LogP contribution in [0.2, 0.25) is 0 Å². The molecule has 5 unspecified atom stereocenters. The molecule has 1 saturated carbocycles. The van der Waals surface area contributed by atoms with E-state index in [9.17, 15) is 5.11 Å². The van der Waals surface area contributed by atoms with Gasteiger partial charge in [0, 0.05) is 0 Å². The minimum absolute atomic E-state index is 0.00943. The van der Waals surface area contributed by atoms with Gasteiger partial charge in [0.25, 0.3) is 0 Å². The second-order valence-corrected chi connectivity index (χ2v) is 9.58. The molecule has 1 N–H and O–H groups in total. The summed E-state index contributed by atoms with van der Waals surface area (Å²) in [4.78, 5) is 0. The zero-order valence-corrected chi connectivity index (χ0v) is 22.9. The van der Waals surface area contributed by atoms with Crippen molar-refractivity contribution in [3.63, 3.8) is 0 Å². The molecular weight excluding hydrogens is 480 g/mol. The smallest absolute Gasteiger partial charge is 0.182 e. The summed E-state index contributed by atoms with van der Waals surface area (Å²) in [7, 11) is 0. The Labute approximate surface area is 227 Å². The number of aliphatic hydroxyl groups is 1. The Bertz CT molecular complexity index is 1080. The van der Waals surface area contributed by atoms with Gasteiger partial charge in [0.15, 0.2) is 5.60 Å². The molecule has 0 saturated heterocycles. The third-order valence-corrected chi connectivity index (χ3v) is 7.01. The molecule has 1 aliphatic carbocycles. The van der Waals surface area contributed by atoms with Crippen LogP contribution in [0.5, 0.6) is 0 Å². The number of benzene rings is 2. The van der Waals surface area contributed by atoms with Crippen molar-refractivity contribution in [1.82, 2.24) is 0 Å². The summed E-state index contributed by atoms with van der Waals surface area (Å²) in [5.74, 6) is 8.68. The maximum Gasteiger partial charge on any atom is 0.182 e. The van der Waals surface area contributed by atoms with Gasteiger partial charge < -0.3 is 28.8 Å². The lowest BCUT2D eigenvalue weighted by Gasteiger charge is -2.54. The second-order valence-electron chi connectivity index (χ2n) is 9.58. The molecule has 0 bridgehead atoms. The summed E-state index contributed by atoms with van der Waals surface area (Å²) in [6, 6.07) is 19.8. The van der Waals surface area contributed by atoms with Crippen LogP contribution >= 0.6 is 0 Å². The first kappa shape index (κ1) is 29.7. The summed E-state index contributed by atoms with van der Waals surface area (Å²) in [6.45, 7) is 8.79. The minimum atomic E-state index is -1.66. The highest BCUT2D eigenvalue weighted by Gasteiger charge is 2.62. The molecule has 38 heavy (non-hydrogen) atoms. The van der Waals surface area contributed by atoms with E-state index in [1.807, 2.05) is 74.5 Å². The standard InChI is InChI=1S/C32H40O6/c1-5-19-31(33)30(37-24-35-22-28-13-9-7-10-14-28)26(3)17-20-32(31,27(4)18-21-34-6-2)38-25-36-23-29-15-11-8-12-16-29/h7-16,26-27,30,33H,6,17,20,22-25H2,1-4H3. The van der Waals surface area contributed by atoms with Crippen molar-refractivity contribution in [2.24, 2.45) is 11.8 Å². The van der Waals surface area contributed by atoms with Gasteiger partial charge in [-0.2, -0.15) is 0 Å². The number of hydrogen-bond donors (Lipinski definition) is 1. The van der Waals surface area contributed by atoms with Gasteiger partial charge in [0.05, 0.1) is 25.7 Å². The van der Waals surface area contributed by atoms with Crippen LogP contribution in [0.1, 0.15) is 51.7 Å². The summed E-state index contributed by atoms with van der Waals surface area (Å²) >= 11 is 0. The second kappa shape index (κ2) is 14.9. The predicted octanol–water partition coefficient (Wildman–Crippen LogP) is 5.29. The lowest BCUT2D eigenvalue weighted by molar-refractivity contribution is -0.286. The van der Waals surface area contributed by atoms with Crippen molar-refractivity contribution < 1.29 is 28.8 Å². The van der Waals surface area contributed by atoms with Crippen LogP contribution in [0.4, 0.5) is 0 Å². The van der Waals surface area contributed by atoms with Crippen LogP contribution in [0.15, 0.2) is 60.7 Å². The Morgan fingerprint density at radius 1 is 0.974 bits per heavy atom. The van der Waals surface area contributed by atoms with Crippen LogP contribution in [0.25, 0.3) is 0 Å². The number of ether oxygens (including phenoxy) is 5. The summed E-state index contributed by atoms with van der Waals surface area (Å²) < 4.78 is 29.7. The first-order valence-corrected chi connectivity index (χ1v) is 13.2. The first-order chi connectivity index (χ1) is 18.5. The van der Waals surface area contributed by atoms with Crippen molar-refractivity contribution in [3.8, 4) is 23.9 Å². The van der Waals surface area contributed by atoms with Gasteiger partial charge in [-0.25, -0.2) is 0 Å². The minimum Gasteiger partial charge on any atom is -0.447 e. The Balaban J connectivity index is 1.81. The summed E-state index contributed by atoms with van der Waals surface area (Å²) in [5.41, 5.74) is -0.754. The summed E-state index contributed by atoms with van der Waals surface area (Å²) in [6.07, 6.45) is 3.37. The molecule has 204 valence electrons. The van der Waals surface area contributed by atoms with Crippen LogP contribution < -0.4 is 0 Å². The highest BCUT2D eigenvalue weighted by molar-refractivity contribution is 5.30. The molecule has 2 aromatic carbocycles. The fourth-order valence-electron chi connectivity index (χ4n) is 5.00. The predicted molar refractivity (Wildman–Crippen MR) is 146 cm³/mol. The van der Waals surface area contributed by atoms with E-state index in [1.165, 1.54) is 0 Å². The van der Waals surface area contributed by atoms with E-state index in [1.54, 1.807) is 6.92 Å². The SMILES string of the molecule is CC#CC1(O)C(OCOCc2ccccc2)C(C)CCC1(OCOCc1ccccc1)C(C)C#COCC. The van der Waals surface area contributed by atoms with Gasteiger partial charge in [-0.15, -0.1) is 5.92 Å². The molecule has 6 heteroatoms. The van der Waals surface area contributed by atoms with Crippen molar-refractivity contribution in [1.29, 1.82) is 0 Å². The quantitative estimate of drug-likeness (QED) is 0.233.